The molecule has 2 aromatic rings. The molecule has 0 saturated heterocycles. The van der Waals surface area contributed by atoms with Gasteiger partial charge in [0.05, 0.1) is 6.54 Å². The Labute approximate surface area is 87.5 Å². The van der Waals surface area contributed by atoms with Crippen LogP contribution in [0, 0.1) is 6.92 Å². The first-order valence-electron chi connectivity index (χ1n) is 4.73. The SMILES string of the molecule is Cc1noc(CNCc2ccncc2)n1. The van der Waals surface area contributed by atoms with E-state index in [0.717, 1.165) is 6.54 Å². The van der Waals surface area contributed by atoms with Crippen molar-refractivity contribution in [3.63, 3.8) is 0 Å². The summed E-state index contributed by atoms with van der Waals surface area (Å²) in [4.78, 5) is 8.04. The van der Waals surface area contributed by atoms with Gasteiger partial charge in [-0.15, -0.1) is 0 Å². The first kappa shape index (κ1) is 9.79. The highest BCUT2D eigenvalue weighted by Crippen LogP contribution is 1.98. The van der Waals surface area contributed by atoms with Gasteiger partial charge in [0.25, 0.3) is 0 Å². The van der Waals surface area contributed by atoms with E-state index in [1.54, 1.807) is 19.3 Å². The minimum absolute atomic E-state index is 0.586. The van der Waals surface area contributed by atoms with Crippen LogP contribution in [0.5, 0.6) is 0 Å². The maximum atomic E-state index is 4.97. The molecule has 0 atom stereocenters. The molecule has 2 heterocycles. The maximum Gasteiger partial charge on any atom is 0.240 e. The van der Waals surface area contributed by atoms with Gasteiger partial charge in [0.2, 0.25) is 5.89 Å². The van der Waals surface area contributed by atoms with E-state index in [2.05, 4.69) is 20.4 Å². The van der Waals surface area contributed by atoms with Gasteiger partial charge < -0.3 is 9.84 Å². The van der Waals surface area contributed by atoms with E-state index in [1.807, 2.05) is 12.1 Å². The maximum absolute atomic E-state index is 4.97. The molecule has 0 spiro atoms. The average molecular weight is 204 g/mol. The monoisotopic (exact) mass is 204 g/mol. The summed E-state index contributed by atoms with van der Waals surface area (Å²) >= 11 is 0. The summed E-state index contributed by atoms with van der Waals surface area (Å²) in [7, 11) is 0. The van der Waals surface area contributed by atoms with Crippen LogP contribution in [0.15, 0.2) is 29.0 Å². The molecule has 15 heavy (non-hydrogen) atoms. The second kappa shape index (κ2) is 4.65. The largest absolute Gasteiger partial charge is 0.338 e. The van der Waals surface area contributed by atoms with Crippen molar-refractivity contribution in [2.75, 3.05) is 0 Å². The van der Waals surface area contributed by atoms with Gasteiger partial charge in [-0.2, -0.15) is 4.98 Å². The Kier molecular flexibility index (Phi) is 3.04. The minimum atomic E-state index is 0.586. The summed E-state index contributed by atoms with van der Waals surface area (Å²) in [6, 6.07) is 3.93. The van der Waals surface area contributed by atoms with Crippen molar-refractivity contribution < 1.29 is 4.52 Å². The van der Waals surface area contributed by atoms with E-state index in [0.29, 0.717) is 18.3 Å². The highest BCUT2D eigenvalue weighted by Gasteiger charge is 2.00. The zero-order valence-electron chi connectivity index (χ0n) is 8.47. The Bertz CT molecular complexity index is 412. The number of rotatable bonds is 4. The molecular weight excluding hydrogens is 192 g/mol. The third kappa shape index (κ3) is 2.85. The van der Waals surface area contributed by atoms with E-state index in [-0.39, 0.29) is 0 Å². The molecule has 0 aliphatic carbocycles. The molecular formula is C10H12N4O. The summed E-state index contributed by atoms with van der Waals surface area (Å²) < 4.78 is 4.97. The molecule has 0 aromatic carbocycles. The zero-order chi connectivity index (χ0) is 10.5. The van der Waals surface area contributed by atoms with Gasteiger partial charge in [0, 0.05) is 18.9 Å². The average Bonchev–Trinajstić information content (AvgIpc) is 2.66. The predicted octanol–water partition coefficient (Wildman–Crippen LogP) is 1.06. The number of aromatic nitrogens is 3. The van der Waals surface area contributed by atoms with Crippen LogP contribution in [0.2, 0.25) is 0 Å². The van der Waals surface area contributed by atoms with Crippen LogP contribution < -0.4 is 5.32 Å². The fourth-order valence-corrected chi connectivity index (χ4v) is 1.23. The topological polar surface area (TPSA) is 63.8 Å². The molecule has 78 valence electrons. The molecule has 5 heteroatoms. The van der Waals surface area contributed by atoms with Gasteiger partial charge in [0.15, 0.2) is 5.82 Å². The Morgan fingerprint density at radius 1 is 1.27 bits per heavy atom. The molecule has 5 nitrogen and oxygen atoms in total. The van der Waals surface area contributed by atoms with Gasteiger partial charge in [-0.1, -0.05) is 5.16 Å². The summed E-state index contributed by atoms with van der Waals surface area (Å²) in [5.41, 5.74) is 1.18. The molecule has 0 radical (unpaired) electrons. The summed E-state index contributed by atoms with van der Waals surface area (Å²) in [5.74, 6) is 1.28. The second-order valence-electron chi connectivity index (χ2n) is 3.19. The quantitative estimate of drug-likeness (QED) is 0.806. The van der Waals surface area contributed by atoms with Crippen LogP contribution in [0.25, 0.3) is 0 Å². The van der Waals surface area contributed by atoms with Crippen LogP contribution >= 0.6 is 0 Å². The predicted molar refractivity (Wildman–Crippen MR) is 53.8 cm³/mol. The molecule has 2 rings (SSSR count). The summed E-state index contributed by atoms with van der Waals surface area (Å²) in [6.45, 7) is 3.16. The van der Waals surface area contributed by atoms with Crippen molar-refractivity contribution in [3.05, 3.63) is 41.8 Å². The van der Waals surface area contributed by atoms with Gasteiger partial charge in [-0.3, -0.25) is 4.98 Å². The number of hydrogen-bond donors (Lipinski definition) is 1. The first-order valence-corrected chi connectivity index (χ1v) is 4.73. The van der Waals surface area contributed by atoms with Crippen LogP contribution in [0.3, 0.4) is 0 Å². The van der Waals surface area contributed by atoms with Crippen molar-refractivity contribution in [3.8, 4) is 0 Å². The third-order valence-electron chi connectivity index (χ3n) is 1.92. The van der Waals surface area contributed by atoms with Crippen molar-refractivity contribution in [2.45, 2.75) is 20.0 Å². The molecule has 0 unspecified atom stereocenters. The third-order valence-corrected chi connectivity index (χ3v) is 1.92. The number of nitrogens with zero attached hydrogens (tertiary/aromatic N) is 3. The van der Waals surface area contributed by atoms with Crippen LogP contribution in [-0.4, -0.2) is 15.1 Å². The number of hydrogen-bond acceptors (Lipinski definition) is 5. The molecule has 0 saturated carbocycles. The van der Waals surface area contributed by atoms with Crippen molar-refractivity contribution in [1.82, 2.24) is 20.4 Å². The van der Waals surface area contributed by atoms with E-state index in [1.165, 1.54) is 5.56 Å². The fraction of sp³-hybridized carbons (Fsp3) is 0.300. The van der Waals surface area contributed by atoms with Gasteiger partial charge in [-0.05, 0) is 24.6 Å². The van der Waals surface area contributed by atoms with E-state index in [9.17, 15) is 0 Å². The lowest BCUT2D eigenvalue weighted by Crippen LogP contribution is -2.12. The summed E-state index contributed by atoms with van der Waals surface area (Å²) in [5, 5.41) is 6.91. The van der Waals surface area contributed by atoms with E-state index >= 15 is 0 Å². The highest BCUT2D eigenvalue weighted by molar-refractivity contribution is 5.08. The molecule has 0 fully saturated rings. The molecule has 0 amide bonds. The van der Waals surface area contributed by atoms with E-state index < -0.39 is 0 Å². The number of aryl methyl sites for hydroxylation is 1. The molecule has 1 N–H and O–H groups in total. The normalized spacial score (nSPS) is 10.5. The van der Waals surface area contributed by atoms with Crippen LogP contribution in [0.4, 0.5) is 0 Å². The molecule has 0 bridgehead atoms. The molecule has 0 aliphatic rings. The van der Waals surface area contributed by atoms with Crippen molar-refractivity contribution >= 4 is 0 Å². The van der Waals surface area contributed by atoms with Gasteiger partial charge in [0.1, 0.15) is 0 Å². The second-order valence-corrected chi connectivity index (χ2v) is 3.19. The van der Waals surface area contributed by atoms with Crippen molar-refractivity contribution in [1.29, 1.82) is 0 Å². The van der Waals surface area contributed by atoms with Crippen molar-refractivity contribution in [2.24, 2.45) is 0 Å². The Hall–Kier alpha value is -1.75. The highest BCUT2D eigenvalue weighted by atomic mass is 16.5. The van der Waals surface area contributed by atoms with Gasteiger partial charge in [-0.25, -0.2) is 0 Å². The lowest BCUT2D eigenvalue weighted by Gasteiger charge is -2.00. The van der Waals surface area contributed by atoms with Gasteiger partial charge >= 0.3 is 0 Å². The zero-order valence-corrected chi connectivity index (χ0v) is 8.47. The van der Waals surface area contributed by atoms with E-state index in [4.69, 9.17) is 4.52 Å². The number of pyridine rings is 1. The number of nitrogens with one attached hydrogen (secondary N) is 1. The lowest BCUT2D eigenvalue weighted by atomic mass is 10.3. The Morgan fingerprint density at radius 2 is 2.07 bits per heavy atom. The fourth-order valence-electron chi connectivity index (χ4n) is 1.23. The molecule has 2 aromatic heterocycles. The smallest absolute Gasteiger partial charge is 0.240 e. The van der Waals surface area contributed by atoms with Crippen LogP contribution in [0.1, 0.15) is 17.3 Å². The Morgan fingerprint density at radius 3 is 2.73 bits per heavy atom. The Balaban J connectivity index is 1.80. The summed E-state index contributed by atoms with van der Waals surface area (Å²) in [6.07, 6.45) is 3.54. The standard InChI is InChI=1S/C10H12N4O/c1-8-13-10(15-14-8)7-12-6-9-2-4-11-5-3-9/h2-5,12H,6-7H2,1H3. The van der Waals surface area contributed by atoms with Crippen LogP contribution in [-0.2, 0) is 13.1 Å². The first-order chi connectivity index (χ1) is 7.34. The molecule has 0 aliphatic heterocycles. The minimum Gasteiger partial charge on any atom is -0.338 e. The lowest BCUT2D eigenvalue weighted by molar-refractivity contribution is 0.364.